The highest BCUT2D eigenvalue weighted by Gasteiger charge is 2.20. The molecule has 0 N–H and O–H groups in total. The maximum Gasteiger partial charge on any atom is 0.339 e. The molecule has 128 valence electrons. The van der Waals surface area contributed by atoms with Crippen LogP contribution in [0.25, 0.3) is 11.0 Å². The van der Waals surface area contributed by atoms with Crippen LogP contribution < -0.4 is 10.4 Å². The zero-order valence-corrected chi connectivity index (χ0v) is 15.3. The average Bonchev–Trinajstić information content (AvgIpc) is 3.07. The molecule has 25 heavy (non-hydrogen) atoms. The number of fused-ring (bicyclic) bond motifs is 3. The third-order valence-corrected chi connectivity index (χ3v) is 5.44. The lowest BCUT2D eigenvalue weighted by atomic mass is 10.1. The van der Waals surface area contributed by atoms with Crippen LogP contribution in [0.3, 0.4) is 0 Å². The second-order valence-electron chi connectivity index (χ2n) is 6.02. The Labute approximate surface area is 159 Å². The Bertz CT molecular complexity index is 1040. The van der Waals surface area contributed by atoms with E-state index >= 15 is 0 Å². The largest absolute Gasteiger partial charge is 0.487 e. The molecule has 0 saturated carbocycles. The zero-order chi connectivity index (χ0) is 17.6. The second-order valence-corrected chi connectivity index (χ2v) is 7.24. The standard InChI is InChI=1S/C19H13Cl3O3/c20-14-5-4-10(6-15(14)21)9-24-18-8-17-13(7-16(18)22)11-2-1-3-12(11)19(23)25-17/h4-8H,1-3,9H2. The summed E-state index contributed by atoms with van der Waals surface area (Å²) in [6.45, 7) is 0.275. The Kier molecular flexibility index (Phi) is 4.40. The van der Waals surface area contributed by atoms with Crippen LogP contribution in [0.4, 0.5) is 0 Å². The van der Waals surface area contributed by atoms with Crippen LogP contribution >= 0.6 is 34.8 Å². The van der Waals surface area contributed by atoms with Crippen molar-refractivity contribution in [3.8, 4) is 5.75 Å². The summed E-state index contributed by atoms with van der Waals surface area (Å²) in [5, 5.41) is 2.33. The Hall–Kier alpha value is -1.68. The van der Waals surface area contributed by atoms with Crippen molar-refractivity contribution in [2.75, 3.05) is 0 Å². The van der Waals surface area contributed by atoms with Crippen molar-refractivity contribution in [2.45, 2.75) is 25.9 Å². The Morgan fingerprint density at radius 2 is 1.76 bits per heavy atom. The molecule has 0 atom stereocenters. The Balaban J connectivity index is 1.68. The molecule has 1 aliphatic rings. The highest BCUT2D eigenvalue weighted by molar-refractivity contribution is 6.42. The minimum Gasteiger partial charge on any atom is -0.487 e. The first-order valence-corrected chi connectivity index (χ1v) is 9.01. The quantitative estimate of drug-likeness (QED) is 0.524. The molecule has 6 heteroatoms. The number of halogens is 3. The smallest absolute Gasteiger partial charge is 0.339 e. The van der Waals surface area contributed by atoms with Crippen molar-refractivity contribution in [3.63, 3.8) is 0 Å². The molecule has 0 unspecified atom stereocenters. The van der Waals surface area contributed by atoms with E-state index in [1.807, 2.05) is 12.1 Å². The predicted molar refractivity (Wildman–Crippen MR) is 100 cm³/mol. The van der Waals surface area contributed by atoms with Crippen LogP contribution in [0, 0.1) is 0 Å². The number of hydrogen-bond acceptors (Lipinski definition) is 3. The maximum atomic E-state index is 12.1. The highest BCUT2D eigenvalue weighted by Crippen LogP contribution is 2.35. The summed E-state index contributed by atoms with van der Waals surface area (Å²) in [6, 6.07) is 8.78. The number of aryl methyl sites for hydroxylation is 1. The van der Waals surface area contributed by atoms with E-state index in [0.29, 0.717) is 26.4 Å². The zero-order valence-electron chi connectivity index (χ0n) is 13.1. The van der Waals surface area contributed by atoms with Crippen molar-refractivity contribution in [1.29, 1.82) is 0 Å². The van der Waals surface area contributed by atoms with E-state index in [0.717, 1.165) is 41.3 Å². The van der Waals surface area contributed by atoms with Crippen LogP contribution in [-0.4, -0.2) is 0 Å². The van der Waals surface area contributed by atoms with Crippen molar-refractivity contribution in [1.82, 2.24) is 0 Å². The van der Waals surface area contributed by atoms with Gasteiger partial charge in [0.15, 0.2) is 0 Å². The fourth-order valence-corrected chi connectivity index (χ4v) is 3.72. The number of benzene rings is 2. The number of hydrogen-bond donors (Lipinski definition) is 0. The van der Waals surface area contributed by atoms with Crippen LogP contribution in [0.1, 0.15) is 23.1 Å². The van der Waals surface area contributed by atoms with Crippen LogP contribution in [0.2, 0.25) is 15.1 Å². The first kappa shape index (κ1) is 16.8. The molecule has 1 heterocycles. The first-order chi connectivity index (χ1) is 12.0. The van der Waals surface area contributed by atoms with Crippen molar-refractivity contribution in [3.05, 3.63) is 72.5 Å². The molecule has 0 bridgehead atoms. The Morgan fingerprint density at radius 3 is 2.56 bits per heavy atom. The predicted octanol–water partition coefficient (Wildman–Crippen LogP) is 5.82. The van der Waals surface area contributed by atoms with Gasteiger partial charge in [0.05, 0.1) is 15.1 Å². The lowest BCUT2D eigenvalue weighted by Crippen LogP contribution is -2.07. The third kappa shape index (κ3) is 3.12. The molecular formula is C19H13Cl3O3. The minimum atomic E-state index is -0.266. The summed E-state index contributed by atoms with van der Waals surface area (Å²) in [7, 11) is 0. The average molecular weight is 396 g/mol. The van der Waals surface area contributed by atoms with E-state index in [2.05, 4.69) is 0 Å². The van der Waals surface area contributed by atoms with Crippen molar-refractivity contribution in [2.24, 2.45) is 0 Å². The van der Waals surface area contributed by atoms with Crippen LogP contribution in [-0.2, 0) is 19.4 Å². The SMILES string of the molecule is O=c1oc2cc(OCc3ccc(Cl)c(Cl)c3)c(Cl)cc2c2c1CCC2. The first-order valence-electron chi connectivity index (χ1n) is 7.88. The molecule has 3 nitrogen and oxygen atoms in total. The van der Waals surface area contributed by atoms with Crippen LogP contribution in [0.5, 0.6) is 5.75 Å². The molecule has 0 saturated heterocycles. The van der Waals surface area contributed by atoms with Gasteiger partial charge in [0.1, 0.15) is 17.9 Å². The van der Waals surface area contributed by atoms with E-state index < -0.39 is 0 Å². The van der Waals surface area contributed by atoms with Gasteiger partial charge in [-0.3, -0.25) is 0 Å². The summed E-state index contributed by atoms with van der Waals surface area (Å²) >= 11 is 18.3. The lowest BCUT2D eigenvalue weighted by molar-refractivity contribution is 0.306. The minimum absolute atomic E-state index is 0.266. The highest BCUT2D eigenvalue weighted by atomic mass is 35.5. The van der Waals surface area contributed by atoms with Gasteiger partial charge in [-0.15, -0.1) is 0 Å². The van der Waals surface area contributed by atoms with E-state index in [-0.39, 0.29) is 12.2 Å². The summed E-state index contributed by atoms with van der Waals surface area (Å²) in [5.41, 5.74) is 2.91. The molecule has 2 aromatic carbocycles. The van der Waals surface area contributed by atoms with Gasteiger partial charge in [0.25, 0.3) is 0 Å². The topological polar surface area (TPSA) is 39.4 Å². The van der Waals surface area contributed by atoms with Gasteiger partial charge in [0, 0.05) is 17.0 Å². The second kappa shape index (κ2) is 6.56. The normalized spacial score (nSPS) is 13.2. The molecule has 1 aliphatic carbocycles. The summed E-state index contributed by atoms with van der Waals surface area (Å²) in [5.74, 6) is 0.460. The molecule has 0 fully saturated rings. The molecule has 3 aromatic rings. The van der Waals surface area contributed by atoms with Gasteiger partial charge < -0.3 is 9.15 Å². The molecular weight excluding hydrogens is 383 g/mol. The third-order valence-electron chi connectivity index (χ3n) is 4.40. The van der Waals surface area contributed by atoms with Gasteiger partial charge >= 0.3 is 5.63 Å². The molecule has 0 amide bonds. The summed E-state index contributed by atoms with van der Waals surface area (Å²) in [4.78, 5) is 12.1. The van der Waals surface area contributed by atoms with E-state index in [1.165, 1.54) is 0 Å². The van der Waals surface area contributed by atoms with Gasteiger partial charge in [0.2, 0.25) is 0 Å². The fourth-order valence-electron chi connectivity index (χ4n) is 3.18. The molecule has 4 rings (SSSR count). The van der Waals surface area contributed by atoms with E-state index in [4.69, 9.17) is 44.0 Å². The molecule has 0 aliphatic heterocycles. The fraction of sp³-hybridized carbons (Fsp3) is 0.211. The maximum absolute atomic E-state index is 12.1. The summed E-state index contributed by atoms with van der Waals surface area (Å²) in [6.07, 6.45) is 2.60. The molecule has 1 aromatic heterocycles. The molecule has 0 radical (unpaired) electrons. The van der Waals surface area contributed by atoms with E-state index in [1.54, 1.807) is 18.2 Å². The molecule has 0 spiro atoms. The summed E-state index contributed by atoms with van der Waals surface area (Å²) < 4.78 is 11.2. The van der Waals surface area contributed by atoms with Crippen LogP contribution in [0.15, 0.2) is 39.5 Å². The lowest BCUT2D eigenvalue weighted by Gasteiger charge is -2.11. The Morgan fingerprint density at radius 1 is 0.960 bits per heavy atom. The van der Waals surface area contributed by atoms with Gasteiger partial charge in [-0.25, -0.2) is 4.79 Å². The number of ether oxygens (including phenoxy) is 1. The van der Waals surface area contributed by atoms with E-state index in [9.17, 15) is 4.79 Å². The van der Waals surface area contributed by atoms with Gasteiger partial charge in [-0.05, 0) is 48.6 Å². The van der Waals surface area contributed by atoms with Crippen molar-refractivity contribution >= 4 is 45.8 Å². The monoisotopic (exact) mass is 394 g/mol. The van der Waals surface area contributed by atoms with Crippen molar-refractivity contribution < 1.29 is 9.15 Å². The number of rotatable bonds is 3. The van der Waals surface area contributed by atoms with Gasteiger partial charge in [-0.2, -0.15) is 0 Å². The van der Waals surface area contributed by atoms with Gasteiger partial charge in [-0.1, -0.05) is 40.9 Å².